The van der Waals surface area contributed by atoms with Crippen LogP contribution in [0.1, 0.15) is 9.88 Å². The molecule has 0 aliphatic heterocycles. The average molecular weight is 397 g/mol. The number of rotatable bonds is 4. The van der Waals surface area contributed by atoms with Gasteiger partial charge in [-0.25, -0.2) is 18.1 Å². The predicted octanol–water partition coefficient (Wildman–Crippen LogP) is 2.93. The molecule has 1 aromatic heterocycles. The first-order valence-corrected chi connectivity index (χ1v) is 8.92. The number of halogens is 2. The molecule has 0 saturated heterocycles. The topological polar surface area (TPSA) is 85.1 Å². The molecule has 0 fully saturated rings. The van der Waals surface area contributed by atoms with Gasteiger partial charge in [-0.2, -0.15) is 0 Å². The maximum Gasteiger partial charge on any atom is 0.242 e. The van der Waals surface area contributed by atoms with Crippen molar-refractivity contribution in [1.82, 2.24) is 9.71 Å². The molecule has 108 valence electrons. The van der Waals surface area contributed by atoms with Crippen LogP contribution in [0, 0.1) is 6.92 Å². The Kier molecular flexibility index (Phi) is 4.70. The second-order valence-corrected chi connectivity index (χ2v) is 8.26. The standard InChI is InChI=1S/C11H11BrClN3O2S2/c1-6-15-4-8(19-6)5-16-20(17,18)10-3-7(13)2-9(14)11(10)12/h2-4,16H,5,14H2,1H3. The minimum absolute atomic E-state index is 0.0173. The molecule has 20 heavy (non-hydrogen) atoms. The summed E-state index contributed by atoms with van der Waals surface area (Å²) in [6.45, 7) is 2.03. The average Bonchev–Trinajstić information content (AvgIpc) is 2.77. The van der Waals surface area contributed by atoms with Crippen LogP contribution in [0.3, 0.4) is 0 Å². The minimum Gasteiger partial charge on any atom is -0.398 e. The fourth-order valence-electron chi connectivity index (χ4n) is 1.51. The number of aryl methyl sites for hydroxylation is 1. The first-order chi connectivity index (χ1) is 9.29. The number of hydrogen-bond acceptors (Lipinski definition) is 5. The summed E-state index contributed by atoms with van der Waals surface area (Å²) >= 11 is 10.4. The zero-order valence-electron chi connectivity index (χ0n) is 10.4. The molecule has 0 amide bonds. The second kappa shape index (κ2) is 5.98. The number of aromatic nitrogens is 1. The van der Waals surface area contributed by atoms with Crippen LogP contribution in [0.15, 0.2) is 27.7 Å². The number of nitrogens with one attached hydrogen (secondary N) is 1. The van der Waals surface area contributed by atoms with Crippen molar-refractivity contribution in [3.8, 4) is 0 Å². The summed E-state index contributed by atoms with van der Waals surface area (Å²) in [4.78, 5) is 4.92. The molecule has 0 bridgehead atoms. The highest BCUT2D eigenvalue weighted by atomic mass is 79.9. The summed E-state index contributed by atoms with van der Waals surface area (Å²) in [5.41, 5.74) is 5.97. The monoisotopic (exact) mass is 395 g/mol. The molecular formula is C11H11BrClN3O2S2. The number of thiazole rings is 1. The molecule has 2 rings (SSSR count). The van der Waals surface area contributed by atoms with Gasteiger partial charge >= 0.3 is 0 Å². The lowest BCUT2D eigenvalue weighted by molar-refractivity contribution is 0.581. The number of anilines is 1. The van der Waals surface area contributed by atoms with Gasteiger partial charge in [0.2, 0.25) is 10.0 Å². The Balaban J connectivity index is 2.27. The van der Waals surface area contributed by atoms with Gasteiger partial charge in [-0.3, -0.25) is 0 Å². The van der Waals surface area contributed by atoms with Crippen LogP contribution in [0.5, 0.6) is 0 Å². The van der Waals surface area contributed by atoms with Gasteiger partial charge in [0.1, 0.15) is 0 Å². The minimum atomic E-state index is -3.71. The predicted molar refractivity (Wildman–Crippen MR) is 84.4 cm³/mol. The Bertz CT molecular complexity index is 746. The molecule has 0 unspecified atom stereocenters. The van der Waals surface area contributed by atoms with Gasteiger partial charge in [-0.05, 0) is 35.0 Å². The van der Waals surface area contributed by atoms with E-state index in [9.17, 15) is 8.42 Å². The Morgan fingerprint density at radius 3 is 2.80 bits per heavy atom. The molecule has 9 heteroatoms. The summed E-state index contributed by atoms with van der Waals surface area (Å²) in [5.74, 6) is 0. The van der Waals surface area contributed by atoms with E-state index in [0.717, 1.165) is 9.88 Å². The second-order valence-electron chi connectivity index (χ2n) is 3.98. The maximum atomic E-state index is 12.3. The fraction of sp³-hybridized carbons (Fsp3) is 0.182. The van der Waals surface area contributed by atoms with Gasteiger partial charge in [0.15, 0.2) is 0 Å². The van der Waals surface area contributed by atoms with Crippen LogP contribution in [0.4, 0.5) is 5.69 Å². The van der Waals surface area contributed by atoms with Crippen LogP contribution >= 0.6 is 38.9 Å². The van der Waals surface area contributed by atoms with Crippen LogP contribution in [0.25, 0.3) is 0 Å². The largest absolute Gasteiger partial charge is 0.398 e. The lowest BCUT2D eigenvalue weighted by Gasteiger charge is -2.10. The number of nitrogens with two attached hydrogens (primary N) is 1. The lowest BCUT2D eigenvalue weighted by atomic mass is 10.3. The summed E-state index contributed by atoms with van der Waals surface area (Å²) < 4.78 is 27.3. The molecule has 0 saturated carbocycles. The van der Waals surface area contributed by atoms with Gasteiger partial charge in [-0.1, -0.05) is 11.6 Å². The van der Waals surface area contributed by atoms with E-state index in [-0.39, 0.29) is 22.2 Å². The van der Waals surface area contributed by atoms with E-state index < -0.39 is 10.0 Å². The van der Waals surface area contributed by atoms with Gasteiger partial charge in [-0.15, -0.1) is 11.3 Å². The van der Waals surface area contributed by atoms with Crippen molar-refractivity contribution in [3.05, 3.63) is 37.7 Å². The van der Waals surface area contributed by atoms with Crippen LogP contribution in [-0.4, -0.2) is 13.4 Å². The molecule has 1 aromatic carbocycles. The van der Waals surface area contributed by atoms with E-state index in [0.29, 0.717) is 4.47 Å². The first kappa shape index (κ1) is 15.7. The molecular weight excluding hydrogens is 386 g/mol. The summed E-state index contributed by atoms with van der Waals surface area (Å²) in [7, 11) is -3.71. The van der Waals surface area contributed by atoms with Gasteiger partial charge < -0.3 is 5.73 Å². The molecule has 0 radical (unpaired) electrons. The summed E-state index contributed by atoms with van der Waals surface area (Å²) in [6.07, 6.45) is 1.64. The summed E-state index contributed by atoms with van der Waals surface area (Å²) in [5, 5.41) is 1.15. The molecule has 5 nitrogen and oxygen atoms in total. The number of nitrogen functional groups attached to an aromatic ring is 1. The number of sulfonamides is 1. The third kappa shape index (κ3) is 3.50. The van der Waals surface area contributed by atoms with E-state index >= 15 is 0 Å². The van der Waals surface area contributed by atoms with E-state index in [2.05, 4.69) is 25.6 Å². The molecule has 2 aromatic rings. The third-order valence-corrected chi connectivity index (χ3v) is 6.13. The molecule has 0 aliphatic carbocycles. The van der Waals surface area contributed by atoms with Gasteiger partial charge in [0.05, 0.1) is 14.4 Å². The van der Waals surface area contributed by atoms with Crippen molar-refractivity contribution in [2.75, 3.05) is 5.73 Å². The molecule has 0 spiro atoms. The SMILES string of the molecule is Cc1ncc(CNS(=O)(=O)c2cc(Cl)cc(N)c2Br)s1. The van der Waals surface area contributed by atoms with Crippen molar-refractivity contribution in [1.29, 1.82) is 0 Å². The third-order valence-electron chi connectivity index (χ3n) is 2.43. The summed E-state index contributed by atoms with van der Waals surface area (Å²) in [6, 6.07) is 2.83. The number of nitrogens with zero attached hydrogens (tertiary/aromatic N) is 1. The lowest BCUT2D eigenvalue weighted by Crippen LogP contribution is -2.23. The Morgan fingerprint density at radius 1 is 1.50 bits per heavy atom. The van der Waals surface area contributed by atoms with Crippen LogP contribution in [-0.2, 0) is 16.6 Å². The maximum absolute atomic E-state index is 12.3. The highest BCUT2D eigenvalue weighted by Crippen LogP contribution is 2.31. The van der Waals surface area contributed by atoms with Crippen molar-refractivity contribution < 1.29 is 8.42 Å². The van der Waals surface area contributed by atoms with Gasteiger partial charge in [0, 0.05) is 28.3 Å². The van der Waals surface area contributed by atoms with Gasteiger partial charge in [0.25, 0.3) is 0 Å². The molecule has 0 atom stereocenters. The Labute approximate surface area is 134 Å². The first-order valence-electron chi connectivity index (χ1n) is 5.45. The van der Waals surface area contributed by atoms with Crippen LogP contribution < -0.4 is 10.5 Å². The van der Waals surface area contributed by atoms with E-state index in [1.165, 1.54) is 23.5 Å². The number of benzene rings is 1. The normalized spacial score (nSPS) is 11.8. The number of hydrogen-bond donors (Lipinski definition) is 2. The van der Waals surface area contributed by atoms with Crippen LogP contribution in [0.2, 0.25) is 5.02 Å². The van der Waals surface area contributed by atoms with E-state index in [1.807, 2.05) is 6.92 Å². The van der Waals surface area contributed by atoms with Crippen molar-refractivity contribution >= 4 is 54.6 Å². The highest BCUT2D eigenvalue weighted by molar-refractivity contribution is 9.10. The van der Waals surface area contributed by atoms with E-state index in [4.69, 9.17) is 17.3 Å². The highest BCUT2D eigenvalue weighted by Gasteiger charge is 2.20. The molecule has 1 heterocycles. The van der Waals surface area contributed by atoms with Crippen molar-refractivity contribution in [3.63, 3.8) is 0 Å². The smallest absolute Gasteiger partial charge is 0.242 e. The fourth-order valence-corrected chi connectivity index (χ4v) is 4.63. The zero-order chi connectivity index (χ0) is 14.9. The van der Waals surface area contributed by atoms with E-state index in [1.54, 1.807) is 6.20 Å². The van der Waals surface area contributed by atoms with Crippen molar-refractivity contribution in [2.24, 2.45) is 0 Å². The quantitative estimate of drug-likeness (QED) is 0.778. The molecule has 0 aliphatic rings. The zero-order valence-corrected chi connectivity index (χ0v) is 14.3. The molecule has 3 N–H and O–H groups in total. The van der Waals surface area contributed by atoms with Crippen molar-refractivity contribution in [2.45, 2.75) is 18.4 Å². The Hall–Kier alpha value is -0.670. The Morgan fingerprint density at radius 2 is 2.20 bits per heavy atom.